The van der Waals surface area contributed by atoms with E-state index in [-0.39, 0.29) is 0 Å². The molecule has 6 unspecified atom stereocenters. The molecule has 0 amide bonds. The number of H-pyrrole nitrogens is 2. The van der Waals surface area contributed by atoms with Crippen LogP contribution in [0.4, 0.5) is 0 Å². The summed E-state index contributed by atoms with van der Waals surface area (Å²) >= 11 is 0. The van der Waals surface area contributed by atoms with E-state index in [1.807, 2.05) is 9.97 Å². The Morgan fingerprint density at radius 3 is 1.07 bits per heavy atom. The maximum Gasteiger partial charge on any atom is 0.490 e. The average Bonchev–Trinajstić information content (AvgIpc) is 3.45. The Morgan fingerprint density at radius 1 is 0.509 bits per heavy atom. The van der Waals surface area contributed by atoms with Crippen LogP contribution in [0.3, 0.4) is 0 Å². The summed E-state index contributed by atoms with van der Waals surface area (Å²) in [5, 5.41) is 40.7. The molecular weight excluding hydrogens is 922 g/mol. The first-order chi connectivity index (χ1) is 25.9. The number of rotatable bonds is 18. The Hall–Kier alpha value is -2.02. The largest absolute Gasteiger partial charge is 0.490 e. The minimum atomic E-state index is -6.63. The Kier molecular flexibility index (Phi) is 14.7. The molecule has 14 atom stereocenters. The monoisotopic (exact) mass is 950 g/mol. The number of aromatic amines is 2. The molecule has 2 aromatic rings. The second-order valence-electron chi connectivity index (χ2n) is 10.9. The quantitative estimate of drug-likeness (QED) is 0.0634. The predicted octanol–water partition coefficient (Wildman–Crippen LogP) is -3.96. The molecule has 4 heterocycles. The highest BCUT2D eigenvalue weighted by atomic mass is 31.3. The molecule has 2 fully saturated rings. The maximum absolute atomic E-state index is 12.2. The molecule has 0 aliphatic carbocycles. The lowest BCUT2D eigenvalue weighted by atomic mass is 10.1. The highest BCUT2D eigenvalue weighted by Gasteiger charge is 2.51. The highest BCUT2D eigenvalue weighted by molar-refractivity contribution is 7.72. The molecule has 0 aromatic carbocycles. The number of phosphoric acid groups is 6. The van der Waals surface area contributed by atoms with Crippen molar-refractivity contribution in [2.24, 2.45) is 0 Å². The van der Waals surface area contributed by atoms with Crippen molar-refractivity contribution in [3.05, 3.63) is 66.2 Å². The number of nitrogens with one attached hydrogen (secondary N) is 2. The number of aliphatic hydroxyl groups excluding tert-OH is 4. The third-order valence-electron chi connectivity index (χ3n) is 6.76. The Labute approximate surface area is 311 Å². The molecule has 0 saturated carbocycles. The second kappa shape index (κ2) is 17.5. The van der Waals surface area contributed by atoms with Gasteiger partial charge in [0.05, 0.1) is 13.2 Å². The van der Waals surface area contributed by atoms with Crippen molar-refractivity contribution >= 4 is 46.9 Å². The number of aromatic nitrogens is 4. The molecule has 57 heavy (non-hydrogen) atoms. The van der Waals surface area contributed by atoms with Crippen LogP contribution in [0.1, 0.15) is 12.5 Å². The molecule has 324 valence electrons. The first kappa shape index (κ1) is 47.7. The van der Waals surface area contributed by atoms with Gasteiger partial charge < -0.3 is 59.3 Å². The van der Waals surface area contributed by atoms with Gasteiger partial charge in [-0.2, -0.15) is 21.6 Å². The van der Waals surface area contributed by atoms with E-state index in [0.717, 1.165) is 24.5 Å². The lowest BCUT2D eigenvalue weighted by Crippen LogP contribution is -2.37. The lowest BCUT2D eigenvalue weighted by molar-refractivity contribution is -0.0542. The fourth-order valence-electron chi connectivity index (χ4n) is 4.54. The molecule has 2 aromatic heterocycles. The molecular formula is C18H28N4O29P6. The average molecular weight is 950 g/mol. The Morgan fingerprint density at radius 2 is 0.789 bits per heavy atom. The van der Waals surface area contributed by atoms with Crippen molar-refractivity contribution in [2.45, 2.75) is 49.1 Å². The highest BCUT2D eigenvalue weighted by Crippen LogP contribution is 2.75. The van der Waals surface area contributed by atoms with Crippen LogP contribution >= 0.6 is 46.9 Å². The minimum absolute atomic E-state index is 0.589. The van der Waals surface area contributed by atoms with Gasteiger partial charge >= 0.3 is 58.3 Å². The fourth-order valence-corrected chi connectivity index (χ4v) is 12.4. The topological polar surface area (TPSA) is 498 Å². The number of hydrogen-bond acceptors (Lipinski definition) is 23. The van der Waals surface area contributed by atoms with Crippen LogP contribution in [0.2, 0.25) is 0 Å². The first-order valence-electron chi connectivity index (χ1n) is 14.4. The summed E-state index contributed by atoms with van der Waals surface area (Å²) in [7, 11) is -38.2. The summed E-state index contributed by atoms with van der Waals surface area (Å²) in [6.07, 6.45) is -13.3. The van der Waals surface area contributed by atoms with Crippen LogP contribution in [0.5, 0.6) is 0 Å². The summed E-state index contributed by atoms with van der Waals surface area (Å²) < 4.78 is 111. The van der Waals surface area contributed by atoms with E-state index in [1.165, 1.54) is 0 Å². The molecule has 4 rings (SSSR count). The molecule has 39 heteroatoms. The van der Waals surface area contributed by atoms with Crippen molar-refractivity contribution in [2.75, 3.05) is 13.2 Å². The molecule has 0 bridgehead atoms. The minimum Gasteiger partial charge on any atom is -0.387 e. The van der Waals surface area contributed by atoms with Crippen LogP contribution in [0.25, 0.3) is 0 Å². The maximum atomic E-state index is 12.2. The lowest BCUT2D eigenvalue weighted by Gasteiger charge is -2.22. The SMILES string of the molecule is O=c1ccn([C@@H]2O[C@H](COP(=O)(O)OP(=O)(O)OP(=O)(O)OP(=O)(O)OP(=O)(O)OP(=O)(O)OC[C@@H]3O[C@H](n4ccc(=O)[nH]c4=O)[C@@H](O)[C@H]3O)[C@@H](O)[C@H]2O)c(=O)[nH]1. The Balaban J connectivity index is 1.30. The smallest absolute Gasteiger partial charge is 0.387 e. The third kappa shape index (κ3) is 13.0. The Bertz CT molecular complexity index is 2180. The van der Waals surface area contributed by atoms with E-state index in [9.17, 15) is 96.4 Å². The predicted molar refractivity (Wildman–Crippen MR) is 171 cm³/mol. The molecule has 12 N–H and O–H groups in total. The zero-order chi connectivity index (χ0) is 43.1. The summed E-state index contributed by atoms with van der Waals surface area (Å²) in [4.78, 5) is 108. The number of ether oxygens (including phenoxy) is 2. The van der Waals surface area contributed by atoms with Crippen molar-refractivity contribution in [1.82, 2.24) is 19.1 Å². The van der Waals surface area contributed by atoms with Gasteiger partial charge in [-0.05, 0) is 0 Å². The molecule has 0 spiro atoms. The zero-order valence-corrected chi connectivity index (χ0v) is 32.5. The molecule has 0 radical (unpaired) electrons. The van der Waals surface area contributed by atoms with Crippen molar-refractivity contribution in [3.8, 4) is 0 Å². The molecule has 2 saturated heterocycles. The van der Waals surface area contributed by atoms with Crippen LogP contribution in [0.15, 0.2) is 43.7 Å². The van der Waals surface area contributed by atoms with E-state index >= 15 is 0 Å². The van der Waals surface area contributed by atoms with Gasteiger partial charge in [-0.15, -0.1) is 0 Å². The number of phosphoric ester groups is 2. The van der Waals surface area contributed by atoms with Gasteiger partial charge in [-0.1, -0.05) is 0 Å². The van der Waals surface area contributed by atoms with Gasteiger partial charge in [0.15, 0.2) is 12.5 Å². The van der Waals surface area contributed by atoms with Crippen LogP contribution in [0, 0.1) is 0 Å². The number of hydrogen-bond donors (Lipinski definition) is 12. The van der Waals surface area contributed by atoms with E-state index in [1.54, 1.807) is 0 Å². The third-order valence-corrected chi connectivity index (χ3v) is 16.0. The fraction of sp³-hybridized carbons (Fsp3) is 0.556. The normalized spacial score (nSPS) is 31.6. The summed E-state index contributed by atoms with van der Waals surface area (Å²) in [6.45, 7) is -2.63. The van der Waals surface area contributed by atoms with Crippen LogP contribution in [-0.2, 0) is 67.5 Å². The van der Waals surface area contributed by atoms with Gasteiger partial charge in [0, 0.05) is 24.5 Å². The number of nitrogens with zero attached hydrogens (tertiary/aromatic N) is 2. The van der Waals surface area contributed by atoms with Crippen LogP contribution in [-0.4, -0.2) is 119 Å². The van der Waals surface area contributed by atoms with Crippen LogP contribution < -0.4 is 22.5 Å². The number of aliphatic hydroxyl groups is 4. The van der Waals surface area contributed by atoms with E-state index in [2.05, 4.69) is 30.6 Å². The summed E-state index contributed by atoms with van der Waals surface area (Å²) in [5.41, 5.74) is -3.97. The molecule has 2 aliphatic heterocycles. The van der Waals surface area contributed by atoms with Gasteiger partial charge in [0.2, 0.25) is 0 Å². The van der Waals surface area contributed by atoms with Crippen molar-refractivity contribution in [3.63, 3.8) is 0 Å². The van der Waals surface area contributed by atoms with Gasteiger partial charge in [-0.25, -0.2) is 37.0 Å². The van der Waals surface area contributed by atoms with Gasteiger partial charge in [0.1, 0.15) is 36.6 Å². The van der Waals surface area contributed by atoms with Gasteiger partial charge in [-0.3, -0.25) is 37.7 Å². The summed E-state index contributed by atoms with van der Waals surface area (Å²) in [6, 6.07) is 1.65. The van der Waals surface area contributed by atoms with Crippen molar-refractivity contribution < 1.29 is 117 Å². The van der Waals surface area contributed by atoms with E-state index in [0.29, 0.717) is 9.13 Å². The standard InChI is InChI=1S/C18H28N4O29P6/c23-9-1-3-21(17(29)19-9)15-13(27)11(25)7(45-15)5-43-52(31,32)47-54(35,36)49-56(39,40)51-57(41,42)50-55(37,38)48-53(33,34)44-6-8-12(26)14(28)16(46-8)22-4-2-10(24)20-18(22)30/h1-4,7-8,11-16,25-28H,5-6H2,(H,31,32)(H,33,34)(H,35,36)(H,37,38)(H,39,40)(H,41,42)(H,19,23,29)(H,20,24,30)/t7-,8+,11-,12+,13-,14+,15-,16+. The second-order valence-corrected chi connectivity index (χ2v) is 20.3. The van der Waals surface area contributed by atoms with E-state index in [4.69, 9.17) is 9.47 Å². The summed E-state index contributed by atoms with van der Waals surface area (Å²) in [5.74, 6) is 0. The zero-order valence-electron chi connectivity index (χ0n) is 27.1. The first-order valence-corrected chi connectivity index (χ1v) is 23.4. The van der Waals surface area contributed by atoms with Gasteiger partial charge in [0.25, 0.3) is 11.1 Å². The molecule has 2 aliphatic rings. The van der Waals surface area contributed by atoms with E-state index < -0.39 is 132 Å². The molecule has 33 nitrogen and oxygen atoms in total. The van der Waals surface area contributed by atoms with Crippen molar-refractivity contribution in [1.29, 1.82) is 0 Å².